The fourth-order valence-electron chi connectivity index (χ4n) is 2.81. The van der Waals surface area contributed by atoms with E-state index in [1.165, 1.54) is 0 Å². The molecule has 1 aliphatic heterocycles. The first-order valence-corrected chi connectivity index (χ1v) is 8.85. The van der Waals surface area contributed by atoms with E-state index in [1.54, 1.807) is 14.2 Å². The maximum Gasteiger partial charge on any atom is 0.213 e. The first-order valence-electron chi connectivity index (χ1n) is 8.85. The minimum Gasteiger partial charge on any atom is -0.475 e. The van der Waals surface area contributed by atoms with Gasteiger partial charge in [-0.1, -0.05) is 6.07 Å². The number of hydrogen-bond acceptors (Lipinski definition) is 5. The minimum absolute atomic E-state index is 0.503. The number of nitrogens with zero attached hydrogens (tertiary/aromatic N) is 3. The van der Waals surface area contributed by atoms with Gasteiger partial charge >= 0.3 is 0 Å². The zero-order valence-corrected chi connectivity index (χ0v) is 15.5. The summed E-state index contributed by atoms with van der Waals surface area (Å²) in [6.45, 7) is 7.42. The summed E-state index contributed by atoms with van der Waals surface area (Å²) in [4.78, 5) is 11.4. The average Bonchev–Trinajstić information content (AvgIpc) is 3.09. The van der Waals surface area contributed by atoms with Crippen molar-refractivity contribution in [3.63, 3.8) is 0 Å². The van der Waals surface area contributed by atoms with Gasteiger partial charge in [-0.3, -0.25) is 0 Å². The van der Waals surface area contributed by atoms with Crippen LogP contribution in [0.25, 0.3) is 0 Å². The lowest BCUT2D eigenvalue weighted by Gasteiger charge is -2.21. The molecule has 1 aromatic heterocycles. The fraction of sp³-hybridized carbons (Fsp3) is 0.667. The Labute approximate surface area is 150 Å². The Bertz CT molecular complexity index is 522. The van der Waals surface area contributed by atoms with Crippen molar-refractivity contribution in [2.45, 2.75) is 19.9 Å². The Morgan fingerprint density at radius 3 is 2.88 bits per heavy atom. The van der Waals surface area contributed by atoms with Gasteiger partial charge in [0.1, 0.15) is 6.61 Å². The highest BCUT2D eigenvalue weighted by Crippen LogP contribution is 2.17. The van der Waals surface area contributed by atoms with Gasteiger partial charge in [-0.05, 0) is 18.9 Å². The highest BCUT2D eigenvalue weighted by atomic mass is 16.5. The molecule has 0 spiro atoms. The molecule has 2 rings (SSSR count). The van der Waals surface area contributed by atoms with Crippen molar-refractivity contribution < 1.29 is 14.2 Å². The molecule has 1 aliphatic rings. The van der Waals surface area contributed by atoms with E-state index in [0.29, 0.717) is 31.6 Å². The monoisotopic (exact) mass is 350 g/mol. The number of ether oxygens (including phenoxy) is 3. The van der Waals surface area contributed by atoms with Crippen LogP contribution in [0.1, 0.15) is 18.9 Å². The van der Waals surface area contributed by atoms with E-state index in [4.69, 9.17) is 19.2 Å². The molecule has 0 radical (unpaired) electrons. The van der Waals surface area contributed by atoms with E-state index < -0.39 is 0 Å². The van der Waals surface area contributed by atoms with Gasteiger partial charge < -0.3 is 24.4 Å². The number of rotatable bonds is 9. The van der Waals surface area contributed by atoms with Crippen LogP contribution in [0.4, 0.5) is 0 Å². The zero-order chi connectivity index (χ0) is 17.9. The maximum atomic E-state index is 5.48. The first-order chi connectivity index (χ1) is 12.3. The fourth-order valence-corrected chi connectivity index (χ4v) is 2.81. The van der Waals surface area contributed by atoms with Crippen LogP contribution in [0.5, 0.6) is 5.88 Å². The molecule has 1 unspecified atom stereocenters. The molecule has 0 aromatic carbocycles. The second kappa shape index (κ2) is 10.9. The molecule has 0 aliphatic carbocycles. The number of likely N-dealkylation sites (tertiary alicyclic amines) is 1. The molecule has 2 heterocycles. The topological polar surface area (TPSA) is 68.2 Å². The molecule has 7 heteroatoms. The zero-order valence-electron chi connectivity index (χ0n) is 15.5. The smallest absolute Gasteiger partial charge is 0.213 e. The predicted octanol–water partition coefficient (Wildman–Crippen LogP) is 1.54. The molecule has 0 amide bonds. The van der Waals surface area contributed by atoms with Gasteiger partial charge in [-0.15, -0.1) is 0 Å². The molecule has 0 saturated carbocycles. The standard InChI is InChI=1S/C18H30N4O3/c1-4-19-18(22-8-7-16(13-22)14-24-3)21-12-15-5-6-17(20-11-15)25-10-9-23-2/h5-6,11,16H,4,7-10,12-14H2,1-3H3,(H,19,21). The molecule has 1 atom stereocenters. The van der Waals surface area contributed by atoms with Gasteiger partial charge in [0.2, 0.25) is 5.88 Å². The molecular formula is C18H30N4O3. The van der Waals surface area contributed by atoms with E-state index in [2.05, 4.69) is 22.1 Å². The molecule has 1 fully saturated rings. The molecule has 1 aromatic rings. The first kappa shape index (κ1) is 19.5. The minimum atomic E-state index is 0.503. The summed E-state index contributed by atoms with van der Waals surface area (Å²) < 4.78 is 15.7. The Hall–Kier alpha value is -1.86. The van der Waals surface area contributed by atoms with Crippen molar-refractivity contribution in [2.24, 2.45) is 10.9 Å². The van der Waals surface area contributed by atoms with E-state index in [0.717, 1.165) is 44.2 Å². The summed E-state index contributed by atoms with van der Waals surface area (Å²) in [5.74, 6) is 2.15. The third-order valence-corrected chi connectivity index (χ3v) is 4.07. The quantitative estimate of drug-likeness (QED) is 0.414. The van der Waals surface area contributed by atoms with Gasteiger partial charge in [0, 0.05) is 52.0 Å². The predicted molar refractivity (Wildman–Crippen MR) is 98.0 cm³/mol. The van der Waals surface area contributed by atoms with Crippen molar-refractivity contribution in [1.29, 1.82) is 0 Å². The number of nitrogens with one attached hydrogen (secondary N) is 1. The molecular weight excluding hydrogens is 320 g/mol. The third kappa shape index (κ3) is 6.51. The summed E-state index contributed by atoms with van der Waals surface area (Å²) >= 11 is 0. The van der Waals surface area contributed by atoms with Gasteiger partial charge in [-0.2, -0.15) is 0 Å². The highest BCUT2D eigenvalue weighted by Gasteiger charge is 2.24. The SMILES string of the molecule is CCNC(=NCc1ccc(OCCOC)nc1)N1CCC(COC)C1. The second-order valence-corrected chi connectivity index (χ2v) is 6.07. The van der Waals surface area contributed by atoms with Crippen LogP contribution < -0.4 is 10.1 Å². The van der Waals surface area contributed by atoms with Crippen molar-refractivity contribution in [2.75, 3.05) is 53.7 Å². The molecule has 0 bridgehead atoms. The van der Waals surface area contributed by atoms with Crippen LogP contribution in [-0.2, 0) is 16.0 Å². The second-order valence-electron chi connectivity index (χ2n) is 6.07. The highest BCUT2D eigenvalue weighted by molar-refractivity contribution is 5.80. The average molecular weight is 350 g/mol. The van der Waals surface area contributed by atoms with Crippen molar-refractivity contribution in [3.8, 4) is 5.88 Å². The molecule has 140 valence electrons. The number of methoxy groups -OCH3 is 2. The molecule has 1 saturated heterocycles. The number of pyridine rings is 1. The van der Waals surface area contributed by atoms with Crippen LogP contribution in [0.2, 0.25) is 0 Å². The normalized spacial score (nSPS) is 17.8. The summed E-state index contributed by atoms with van der Waals surface area (Å²) in [6, 6.07) is 3.87. The van der Waals surface area contributed by atoms with Crippen molar-refractivity contribution in [3.05, 3.63) is 23.9 Å². The molecule has 7 nitrogen and oxygen atoms in total. The van der Waals surface area contributed by atoms with Crippen molar-refractivity contribution >= 4 is 5.96 Å². The van der Waals surface area contributed by atoms with Crippen LogP contribution in [-0.4, -0.2) is 69.5 Å². The third-order valence-electron chi connectivity index (χ3n) is 4.07. The van der Waals surface area contributed by atoms with Crippen LogP contribution in [0, 0.1) is 5.92 Å². The van der Waals surface area contributed by atoms with Crippen LogP contribution in [0.15, 0.2) is 23.3 Å². The number of hydrogen-bond donors (Lipinski definition) is 1. The van der Waals surface area contributed by atoms with Crippen LogP contribution in [0.3, 0.4) is 0 Å². The lowest BCUT2D eigenvalue weighted by atomic mass is 10.1. The van der Waals surface area contributed by atoms with Gasteiger partial charge in [0.25, 0.3) is 0 Å². The Kier molecular flexibility index (Phi) is 8.48. The van der Waals surface area contributed by atoms with E-state index in [1.807, 2.05) is 18.3 Å². The lowest BCUT2D eigenvalue weighted by Crippen LogP contribution is -2.40. The molecule has 1 N–H and O–H groups in total. The number of aliphatic imine (C=N–C) groups is 1. The largest absolute Gasteiger partial charge is 0.475 e. The number of guanidine groups is 1. The summed E-state index contributed by atoms with van der Waals surface area (Å²) in [6.07, 6.45) is 2.96. The number of aromatic nitrogens is 1. The van der Waals surface area contributed by atoms with E-state index in [9.17, 15) is 0 Å². The van der Waals surface area contributed by atoms with Gasteiger partial charge in [0.15, 0.2) is 5.96 Å². The lowest BCUT2D eigenvalue weighted by molar-refractivity contribution is 0.143. The van der Waals surface area contributed by atoms with Gasteiger partial charge in [0.05, 0.1) is 19.8 Å². The van der Waals surface area contributed by atoms with E-state index >= 15 is 0 Å². The summed E-state index contributed by atoms with van der Waals surface area (Å²) in [5, 5.41) is 3.38. The summed E-state index contributed by atoms with van der Waals surface area (Å²) in [5.41, 5.74) is 1.06. The van der Waals surface area contributed by atoms with Crippen LogP contribution >= 0.6 is 0 Å². The summed E-state index contributed by atoms with van der Waals surface area (Å²) in [7, 11) is 3.41. The Balaban J connectivity index is 1.90. The molecule has 25 heavy (non-hydrogen) atoms. The Morgan fingerprint density at radius 1 is 1.32 bits per heavy atom. The van der Waals surface area contributed by atoms with E-state index in [-0.39, 0.29) is 0 Å². The van der Waals surface area contributed by atoms with Crippen molar-refractivity contribution in [1.82, 2.24) is 15.2 Å². The maximum absolute atomic E-state index is 5.48. The van der Waals surface area contributed by atoms with Gasteiger partial charge in [-0.25, -0.2) is 9.98 Å². The Morgan fingerprint density at radius 2 is 2.20 bits per heavy atom.